The third-order valence-electron chi connectivity index (χ3n) is 3.46. The minimum absolute atomic E-state index is 0.0944. The van der Waals surface area contributed by atoms with Crippen LogP contribution in [-0.2, 0) is 0 Å². The second-order valence-corrected chi connectivity index (χ2v) is 6.30. The molecule has 0 aliphatic heterocycles. The average Bonchev–Trinajstić information content (AvgIpc) is 2.97. The van der Waals surface area contributed by atoms with Crippen molar-refractivity contribution < 1.29 is 14.5 Å². The molecule has 0 spiro atoms. The molecule has 0 fully saturated rings. The Morgan fingerprint density at radius 3 is 2.33 bits per heavy atom. The summed E-state index contributed by atoms with van der Waals surface area (Å²) in [6.45, 7) is 5.29. The first kappa shape index (κ1) is 17.7. The highest BCUT2D eigenvalue weighted by Crippen LogP contribution is 2.17. The van der Waals surface area contributed by atoms with Gasteiger partial charge in [-0.05, 0) is 36.5 Å². The zero-order valence-electron chi connectivity index (χ0n) is 13.3. The lowest BCUT2D eigenvalue weighted by Crippen LogP contribution is -2.44. The first-order valence-electron chi connectivity index (χ1n) is 7.19. The molecule has 1 aromatic carbocycles. The van der Waals surface area contributed by atoms with Crippen LogP contribution in [0.25, 0.3) is 0 Å². The van der Waals surface area contributed by atoms with Gasteiger partial charge in [-0.3, -0.25) is 19.7 Å². The van der Waals surface area contributed by atoms with Crippen LogP contribution in [0.1, 0.15) is 39.6 Å². The summed E-state index contributed by atoms with van der Waals surface area (Å²) < 4.78 is 3.71. The third-order valence-corrected chi connectivity index (χ3v) is 4.28. The lowest BCUT2D eigenvalue weighted by molar-refractivity contribution is -0.384. The molecule has 9 heteroatoms. The molecule has 0 saturated heterocycles. The van der Waals surface area contributed by atoms with Gasteiger partial charge in [0, 0.05) is 17.7 Å². The monoisotopic (exact) mass is 348 g/mol. The van der Waals surface area contributed by atoms with Crippen LogP contribution in [0.15, 0.2) is 24.3 Å². The zero-order chi connectivity index (χ0) is 17.9. The molecule has 2 aromatic rings. The van der Waals surface area contributed by atoms with Crippen LogP contribution in [0.4, 0.5) is 5.69 Å². The number of carbonyl (C=O) groups excluding carboxylic acids is 2. The topological polar surface area (TPSA) is 115 Å². The van der Waals surface area contributed by atoms with E-state index in [9.17, 15) is 19.7 Å². The molecule has 1 aromatic heterocycles. The Balaban J connectivity index is 2.20. The predicted octanol–water partition coefficient (Wildman–Crippen LogP) is 2.39. The van der Waals surface area contributed by atoms with Gasteiger partial charge in [0.25, 0.3) is 11.6 Å². The summed E-state index contributed by atoms with van der Waals surface area (Å²) in [5, 5.41) is 17.2. The average molecular weight is 348 g/mol. The van der Waals surface area contributed by atoms with Gasteiger partial charge in [0.15, 0.2) is 5.78 Å². The summed E-state index contributed by atoms with van der Waals surface area (Å²) in [4.78, 5) is 35.5. The van der Waals surface area contributed by atoms with Gasteiger partial charge in [-0.1, -0.05) is 18.3 Å². The van der Waals surface area contributed by atoms with Gasteiger partial charge >= 0.3 is 0 Å². The summed E-state index contributed by atoms with van der Waals surface area (Å²) in [5.74, 6) is -0.863. The lowest BCUT2D eigenvalue weighted by Gasteiger charge is -2.21. The van der Waals surface area contributed by atoms with E-state index in [1.165, 1.54) is 24.3 Å². The van der Waals surface area contributed by atoms with Crippen molar-refractivity contribution in [2.24, 2.45) is 5.92 Å². The Hall–Kier alpha value is -2.68. The van der Waals surface area contributed by atoms with Gasteiger partial charge in [0.05, 0.1) is 16.7 Å². The highest BCUT2D eigenvalue weighted by molar-refractivity contribution is 7.08. The molecule has 24 heavy (non-hydrogen) atoms. The molecule has 1 heterocycles. The highest BCUT2D eigenvalue weighted by Gasteiger charge is 2.27. The van der Waals surface area contributed by atoms with Crippen LogP contribution in [0.5, 0.6) is 0 Å². The van der Waals surface area contributed by atoms with E-state index in [4.69, 9.17) is 0 Å². The van der Waals surface area contributed by atoms with E-state index >= 15 is 0 Å². The van der Waals surface area contributed by atoms with Crippen molar-refractivity contribution in [3.63, 3.8) is 0 Å². The number of nitrogens with zero attached hydrogens (tertiary/aromatic N) is 3. The van der Waals surface area contributed by atoms with Crippen molar-refractivity contribution in [3.8, 4) is 0 Å². The molecule has 8 nitrogen and oxygen atoms in total. The molecule has 0 radical (unpaired) electrons. The van der Waals surface area contributed by atoms with Crippen molar-refractivity contribution in [1.82, 2.24) is 14.9 Å². The molecule has 1 unspecified atom stereocenters. The van der Waals surface area contributed by atoms with Crippen LogP contribution in [0, 0.1) is 23.0 Å². The van der Waals surface area contributed by atoms with E-state index in [1.807, 2.05) is 13.8 Å². The number of benzene rings is 1. The fourth-order valence-corrected chi connectivity index (χ4v) is 2.67. The Kier molecular flexibility index (Phi) is 5.35. The SMILES string of the molecule is Cc1nnsc1C(=O)NC(C(=O)c1ccc([N+](=O)[O-])cc1)C(C)C. The number of nitro groups is 1. The van der Waals surface area contributed by atoms with E-state index in [2.05, 4.69) is 14.9 Å². The summed E-state index contributed by atoms with van der Waals surface area (Å²) in [5.41, 5.74) is 0.713. The van der Waals surface area contributed by atoms with Crippen LogP contribution >= 0.6 is 11.5 Å². The van der Waals surface area contributed by atoms with Crippen molar-refractivity contribution in [2.75, 3.05) is 0 Å². The molecule has 0 saturated carbocycles. The number of carbonyl (C=O) groups is 2. The number of ketones is 1. The van der Waals surface area contributed by atoms with Crippen LogP contribution in [-0.4, -0.2) is 32.2 Å². The second-order valence-electron chi connectivity index (χ2n) is 5.55. The maximum atomic E-state index is 12.6. The number of rotatable bonds is 6. The van der Waals surface area contributed by atoms with Crippen LogP contribution < -0.4 is 5.32 Å². The molecule has 126 valence electrons. The number of Topliss-reactive ketones (excluding diaryl/α,β-unsaturated/α-hetero) is 1. The summed E-state index contributed by atoms with van der Waals surface area (Å²) >= 11 is 0.965. The Morgan fingerprint density at radius 1 is 1.25 bits per heavy atom. The number of aromatic nitrogens is 2. The van der Waals surface area contributed by atoms with E-state index in [0.29, 0.717) is 16.1 Å². The van der Waals surface area contributed by atoms with Crippen molar-refractivity contribution >= 4 is 28.9 Å². The predicted molar refractivity (Wildman–Crippen MR) is 88.2 cm³/mol. The van der Waals surface area contributed by atoms with Crippen LogP contribution in [0.3, 0.4) is 0 Å². The standard InChI is InChI=1S/C15H16N4O4S/c1-8(2)12(16-15(21)14-9(3)17-18-24-14)13(20)10-4-6-11(7-5-10)19(22)23/h4-8,12H,1-3H3,(H,16,21). The third kappa shape index (κ3) is 3.80. The van der Waals surface area contributed by atoms with Crippen molar-refractivity contribution in [2.45, 2.75) is 26.8 Å². The summed E-state index contributed by atoms with van der Waals surface area (Å²) in [6.07, 6.45) is 0. The van der Waals surface area contributed by atoms with E-state index in [0.717, 1.165) is 11.5 Å². The minimum atomic E-state index is -0.750. The molecule has 0 bridgehead atoms. The zero-order valence-corrected chi connectivity index (χ0v) is 14.2. The molecule has 1 N–H and O–H groups in total. The smallest absolute Gasteiger partial charge is 0.269 e. The van der Waals surface area contributed by atoms with Crippen molar-refractivity contribution in [1.29, 1.82) is 0 Å². The molecule has 2 rings (SSSR count). The Labute approximate surface area is 142 Å². The van der Waals surface area contributed by atoms with E-state index in [-0.39, 0.29) is 17.4 Å². The maximum absolute atomic E-state index is 12.6. The molecular formula is C15H16N4O4S. The molecule has 0 aliphatic carbocycles. The minimum Gasteiger partial charge on any atom is -0.341 e. The first-order chi connectivity index (χ1) is 11.3. The van der Waals surface area contributed by atoms with Gasteiger partial charge in [0.2, 0.25) is 0 Å². The number of hydrogen-bond acceptors (Lipinski definition) is 7. The summed E-state index contributed by atoms with van der Waals surface area (Å²) in [7, 11) is 0. The summed E-state index contributed by atoms with van der Waals surface area (Å²) in [6, 6.07) is 4.57. The fraction of sp³-hybridized carbons (Fsp3) is 0.333. The number of nitro benzene ring substituents is 1. The van der Waals surface area contributed by atoms with E-state index in [1.54, 1.807) is 6.92 Å². The molecule has 1 amide bonds. The Bertz CT molecular complexity index is 770. The lowest BCUT2D eigenvalue weighted by atomic mass is 9.94. The quantitative estimate of drug-likeness (QED) is 0.487. The molecular weight excluding hydrogens is 332 g/mol. The van der Waals surface area contributed by atoms with Crippen LogP contribution in [0.2, 0.25) is 0 Å². The number of amides is 1. The second kappa shape index (κ2) is 7.26. The number of aryl methyl sites for hydroxylation is 1. The van der Waals surface area contributed by atoms with E-state index < -0.39 is 16.9 Å². The van der Waals surface area contributed by atoms with Gasteiger partial charge < -0.3 is 5.32 Å². The van der Waals surface area contributed by atoms with Gasteiger partial charge in [-0.2, -0.15) is 0 Å². The van der Waals surface area contributed by atoms with Gasteiger partial charge in [-0.15, -0.1) is 5.10 Å². The fourth-order valence-electron chi connectivity index (χ4n) is 2.11. The highest BCUT2D eigenvalue weighted by atomic mass is 32.1. The Morgan fingerprint density at radius 2 is 1.88 bits per heavy atom. The van der Waals surface area contributed by atoms with Gasteiger partial charge in [0.1, 0.15) is 4.88 Å². The largest absolute Gasteiger partial charge is 0.341 e. The number of non-ortho nitro benzene ring substituents is 1. The van der Waals surface area contributed by atoms with Crippen molar-refractivity contribution in [3.05, 3.63) is 50.5 Å². The molecule has 1 atom stereocenters. The normalized spacial score (nSPS) is 12.0. The van der Waals surface area contributed by atoms with Gasteiger partial charge in [-0.25, -0.2) is 0 Å². The number of hydrogen-bond donors (Lipinski definition) is 1. The number of nitrogens with one attached hydrogen (secondary N) is 1. The first-order valence-corrected chi connectivity index (χ1v) is 7.97. The maximum Gasteiger partial charge on any atom is 0.269 e. The molecule has 0 aliphatic rings.